The Kier molecular flexibility index (Phi) is 3.35. The number of carbonyl (C=O) groups is 2. The number of carbonyl (C=O) groups excluding carboxylic acids is 2. The molecule has 6 nitrogen and oxygen atoms in total. The normalized spacial score (nSPS) is 36.9. The third kappa shape index (κ3) is 2.58. The van der Waals surface area contributed by atoms with Crippen molar-refractivity contribution in [3.63, 3.8) is 0 Å². The molecule has 2 aliphatic rings. The first-order valence-corrected chi connectivity index (χ1v) is 5.92. The van der Waals surface area contributed by atoms with E-state index >= 15 is 0 Å². The lowest BCUT2D eigenvalue weighted by atomic mass is 9.96. The fraction of sp³-hybridized carbons (Fsp3) is 0.818. The Morgan fingerprint density at radius 2 is 2.47 bits per heavy atom. The van der Waals surface area contributed by atoms with Crippen molar-refractivity contribution in [2.75, 3.05) is 13.2 Å². The number of rotatable bonds is 3. The van der Waals surface area contributed by atoms with E-state index in [0.29, 0.717) is 25.9 Å². The Morgan fingerprint density at radius 1 is 1.71 bits per heavy atom. The standard InChI is InChI=1S/C11H18N2O4/c1-7-11(16,4-5-17-7)6-12-10(15)8-2-3-9(14)13-8/h7-8,16H,2-6H2,1H3,(H,12,15)(H,13,14). The van der Waals surface area contributed by atoms with Gasteiger partial charge in [0.15, 0.2) is 0 Å². The molecule has 2 heterocycles. The van der Waals surface area contributed by atoms with Crippen LogP contribution in [0.2, 0.25) is 0 Å². The molecule has 2 aliphatic heterocycles. The van der Waals surface area contributed by atoms with Crippen LogP contribution in [-0.4, -0.2) is 47.8 Å². The minimum atomic E-state index is -0.988. The Hall–Kier alpha value is -1.14. The molecule has 0 aromatic heterocycles. The molecule has 96 valence electrons. The van der Waals surface area contributed by atoms with Gasteiger partial charge in [0.25, 0.3) is 0 Å². The van der Waals surface area contributed by atoms with Crippen molar-refractivity contribution in [2.24, 2.45) is 0 Å². The van der Waals surface area contributed by atoms with E-state index in [4.69, 9.17) is 4.74 Å². The van der Waals surface area contributed by atoms with Crippen LogP contribution in [-0.2, 0) is 14.3 Å². The average Bonchev–Trinajstić information content (AvgIpc) is 2.84. The molecule has 0 aromatic rings. The fourth-order valence-corrected chi connectivity index (χ4v) is 2.18. The molecule has 3 atom stereocenters. The first kappa shape index (κ1) is 12.3. The smallest absolute Gasteiger partial charge is 0.242 e. The molecule has 3 unspecified atom stereocenters. The van der Waals surface area contributed by atoms with Crippen LogP contribution in [0.3, 0.4) is 0 Å². The SMILES string of the molecule is CC1OCCC1(O)CNC(=O)C1CCC(=O)N1. The molecule has 2 fully saturated rings. The third-order valence-corrected chi connectivity index (χ3v) is 3.54. The molecule has 0 aliphatic carbocycles. The Bertz CT molecular complexity index is 333. The lowest BCUT2D eigenvalue weighted by Crippen LogP contribution is -2.51. The molecule has 0 bridgehead atoms. The zero-order chi connectivity index (χ0) is 12.5. The monoisotopic (exact) mass is 242 g/mol. The second-order valence-corrected chi connectivity index (χ2v) is 4.74. The molecule has 0 saturated carbocycles. The van der Waals surface area contributed by atoms with Crippen LogP contribution in [0.1, 0.15) is 26.2 Å². The van der Waals surface area contributed by atoms with E-state index in [-0.39, 0.29) is 24.5 Å². The molecule has 6 heteroatoms. The van der Waals surface area contributed by atoms with Crippen LogP contribution in [0, 0.1) is 0 Å². The van der Waals surface area contributed by atoms with Gasteiger partial charge in [-0.25, -0.2) is 0 Å². The predicted molar refractivity (Wildman–Crippen MR) is 59.2 cm³/mol. The first-order valence-electron chi connectivity index (χ1n) is 5.92. The Labute approximate surface area is 99.7 Å². The van der Waals surface area contributed by atoms with Crippen molar-refractivity contribution in [3.8, 4) is 0 Å². The van der Waals surface area contributed by atoms with Gasteiger partial charge in [-0.1, -0.05) is 0 Å². The number of ether oxygens (including phenoxy) is 1. The van der Waals surface area contributed by atoms with E-state index in [1.807, 2.05) is 0 Å². The summed E-state index contributed by atoms with van der Waals surface area (Å²) in [6.45, 7) is 2.46. The summed E-state index contributed by atoms with van der Waals surface area (Å²) in [6.07, 6.45) is 1.16. The topological polar surface area (TPSA) is 87.7 Å². The molecule has 3 N–H and O–H groups in total. The molecule has 0 spiro atoms. The third-order valence-electron chi connectivity index (χ3n) is 3.54. The quantitative estimate of drug-likeness (QED) is 0.587. The highest BCUT2D eigenvalue weighted by atomic mass is 16.5. The highest BCUT2D eigenvalue weighted by Gasteiger charge is 2.40. The van der Waals surface area contributed by atoms with Crippen molar-refractivity contribution in [3.05, 3.63) is 0 Å². The molecular formula is C11H18N2O4. The highest BCUT2D eigenvalue weighted by Crippen LogP contribution is 2.24. The van der Waals surface area contributed by atoms with E-state index in [9.17, 15) is 14.7 Å². The Morgan fingerprint density at radius 3 is 3.00 bits per heavy atom. The summed E-state index contributed by atoms with van der Waals surface area (Å²) in [6, 6.07) is -0.455. The first-order chi connectivity index (χ1) is 8.01. The van der Waals surface area contributed by atoms with Gasteiger partial charge < -0.3 is 20.5 Å². The summed E-state index contributed by atoms with van der Waals surface area (Å²) < 4.78 is 5.27. The molecule has 17 heavy (non-hydrogen) atoms. The van der Waals surface area contributed by atoms with Gasteiger partial charge in [-0.2, -0.15) is 0 Å². The molecule has 2 saturated heterocycles. The average molecular weight is 242 g/mol. The van der Waals surface area contributed by atoms with Crippen LogP contribution in [0.4, 0.5) is 0 Å². The minimum absolute atomic E-state index is 0.0959. The number of aliphatic hydroxyl groups is 1. The molecule has 0 aromatic carbocycles. The number of amides is 2. The largest absolute Gasteiger partial charge is 0.385 e. The lowest BCUT2D eigenvalue weighted by Gasteiger charge is -2.26. The number of hydrogen-bond acceptors (Lipinski definition) is 4. The van der Waals surface area contributed by atoms with Crippen molar-refractivity contribution in [1.82, 2.24) is 10.6 Å². The van der Waals surface area contributed by atoms with Crippen LogP contribution in [0.15, 0.2) is 0 Å². The van der Waals surface area contributed by atoms with E-state index in [2.05, 4.69) is 10.6 Å². The van der Waals surface area contributed by atoms with Gasteiger partial charge in [-0.3, -0.25) is 9.59 Å². The van der Waals surface area contributed by atoms with Gasteiger partial charge in [0.05, 0.1) is 6.10 Å². The summed E-state index contributed by atoms with van der Waals surface area (Å²) in [5.41, 5.74) is -0.988. The van der Waals surface area contributed by atoms with Crippen LogP contribution < -0.4 is 10.6 Å². The van der Waals surface area contributed by atoms with E-state index in [1.165, 1.54) is 0 Å². The lowest BCUT2D eigenvalue weighted by molar-refractivity contribution is -0.127. The molecule has 2 rings (SSSR count). The Balaban J connectivity index is 1.82. The maximum absolute atomic E-state index is 11.7. The van der Waals surface area contributed by atoms with E-state index in [0.717, 1.165) is 0 Å². The number of hydrogen-bond donors (Lipinski definition) is 3. The second kappa shape index (κ2) is 4.62. The minimum Gasteiger partial charge on any atom is -0.385 e. The highest BCUT2D eigenvalue weighted by molar-refractivity contribution is 5.90. The van der Waals surface area contributed by atoms with Crippen LogP contribution >= 0.6 is 0 Å². The van der Waals surface area contributed by atoms with Gasteiger partial charge in [0, 0.05) is 26.0 Å². The summed E-state index contributed by atoms with van der Waals surface area (Å²) in [7, 11) is 0. The molecular weight excluding hydrogens is 224 g/mol. The maximum Gasteiger partial charge on any atom is 0.242 e. The zero-order valence-electron chi connectivity index (χ0n) is 9.86. The summed E-state index contributed by atoms with van der Waals surface area (Å²) in [4.78, 5) is 22.7. The van der Waals surface area contributed by atoms with Crippen molar-refractivity contribution in [2.45, 2.75) is 43.9 Å². The predicted octanol–water partition coefficient (Wildman–Crippen LogP) is -1.08. The zero-order valence-corrected chi connectivity index (χ0v) is 9.86. The summed E-state index contributed by atoms with van der Waals surface area (Å²) in [5, 5.41) is 15.4. The van der Waals surface area contributed by atoms with Crippen LogP contribution in [0.25, 0.3) is 0 Å². The van der Waals surface area contributed by atoms with Crippen molar-refractivity contribution < 1.29 is 19.4 Å². The second-order valence-electron chi connectivity index (χ2n) is 4.74. The van der Waals surface area contributed by atoms with E-state index in [1.54, 1.807) is 6.92 Å². The van der Waals surface area contributed by atoms with Crippen LogP contribution in [0.5, 0.6) is 0 Å². The maximum atomic E-state index is 11.7. The van der Waals surface area contributed by atoms with Gasteiger partial charge in [-0.05, 0) is 13.3 Å². The van der Waals surface area contributed by atoms with Gasteiger partial charge in [0.1, 0.15) is 11.6 Å². The summed E-state index contributed by atoms with van der Waals surface area (Å²) >= 11 is 0. The van der Waals surface area contributed by atoms with Crippen molar-refractivity contribution >= 4 is 11.8 Å². The molecule has 2 amide bonds. The van der Waals surface area contributed by atoms with Gasteiger partial charge >= 0.3 is 0 Å². The van der Waals surface area contributed by atoms with E-state index < -0.39 is 11.6 Å². The van der Waals surface area contributed by atoms with Crippen molar-refractivity contribution in [1.29, 1.82) is 0 Å². The number of nitrogens with one attached hydrogen (secondary N) is 2. The van der Waals surface area contributed by atoms with Gasteiger partial charge in [0.2, 0.25) is 11.8 Å². The summed E-state index contributed by atoms with van der Waals surface area (Å²) in [5.74, 6) is -0.329. The fourth-order valence-electron chi connectivity index (χ4n) is 2.18. The molecule has 0 radical (unpaired) electrons. The van der Waals surface area contributed by atoms with Gasteiger partial charge in [-0.15, -0.1) is 0 Å².